The van der Waals surface area contributed by atoms with Crippen LogP contribution in [0.2, 0.25) is 0 Å². The highest BCUT2D eigenvalue weighted by Crippen LogP contribution is 2.30. The molecular weight excluding hydrogens is 210 g/mol. The summed E-state index contributed by atoms with van der Waals surface area (Å²) in [5, 5.41) is 3.50. The Morgan fingerprint density at radius 3 is 2.82 bits per heavy atom. The summed E-state index contributed by atoms with van der Waals surface area (Å²) >= 11 is 0. The average molecular weight is 233 g/mol. The molecular formula is C15H23NO. The molecule has 2 rings (SSSR count). The molecule has 0 spiro atoms. The van der Waals surface area contributed by atoms with Gasteiger partial charge in [-0.2, -0.15) is 0 Å². The van der Waals surface area contributed by atoms with Gasteiger partial charge in [-0.25, -0.2) is 0 Å². The van der Waals surface area contributed by atoms with E-state index in [4.69, 9.17) is 4.74 Å². The molecule has 1 aliphatic rings. The van der Waals surface area contributed by atoms with Gasteiger partial charge in [0.05, 0.1) is 11.7 Å². The quantitative estimate of drug-likeness (QED) is 0.866. The molecule has 1 N–H and O–H groups in total. The first-order chi connectivity index (χ1) is 8.18. The molecule has 2 unspecified atom stereocenters. The number of rotatable bonds is 3. The Kier molecular flexibility index (Phi) is 3.85. The average Bonchev–Trinajstić information content (AvgIpc) is 2.39. The molecule has 2 nitrogen and oxygen atoms in total. The largest absolute Gasteiger partial charge is 0.365 e. The minimum Gasteiger partial charge on any atom is -0.365 e. The zero-order valence-electron chi connectivity index (χ0n) is 11.1. The zero-order chi connectivity index (χ0) is 12.3. The van der Waals surface area contributed by atoms with Gasteiger partial charge in [0.25, 0.3) is 0 Å². The lowest BCUT2D eigenvalue weighted by atomic mass is 9.95. The van der Waals surface area contributed by atoms with Crippen LogP contribution in [0.1, 0.15) is 44.4 Å². The van der Waals surface area contributed by atoms with Crippen molar-refractivity contribution in [2.45, 2.75) is 45.3 Å². The Labute approximate surface area is 104 Å². The molecule has 0 saturated carbocycles. The molecule has 1 fully saturated rings. The van der Waals surface area contributed by atoms with Crippen molar-refractivity contribution < 1.29 is 4.74 Å². The van der Waals surface area contributed by atoms with E-state index < -0.39 is 0 Å². The van der Waals surface area contributed by atoms with Crippen molar-refractivity contribution in [1.29, 1.82) is 0 Å². The number of aryl methyl sites for hydroxylation is 1. The topological polar surface area (TPSA) is 21.3 Å². The van der Waals surface area contributed by atoms with Crippen LogP contribution in [0.3, 0.4) is 0 Å². The molecule has 17 heavy (non-hydrogen) atoms. The molecule has 94 valence electrons. The third-order valence-corrected chi connectivity index (χ3v) is 3.79. The maximum Gasteiger partial charge on any atom is 0.0959 e. The SMILES string of the molecule is CCc1ccccc1C1CNCC(C)(CC)O1. The second-order valence-electron chi connectivity index (χ2n) is 5.09. The van der Waals surface area contributed by atoms with Crippen LogP contribution < -0.4 is 5.32 Å². The molecule has 1 heterocycles. The predicted octanol–water partition coefficient (Wildman–Crippen LogP) is 3.08. The predicted molar refractivity (Wildman–Crippen MR) is 71.2 cm³/mol. The van der Waals surface area contributed by atoms with E-state index in [2.05, 4.69) is 50.4 Å². The summed E-state index contributed by atoms with van der Waals surface area (Å²) in [4.78, 5) is 0. The van der Waals surface area contributed by atoms with Gasteiger partial charge in [-0.3, -0.25) is 0 Å². The maximum atomic E-state index is 6.29. The summed E-state index contributed by atoms with van der Waals surface area (Å²) in [7, 11) is 0. The van der Waals surface area contributed by atoms with Crippen molar-refractivity contribution in [3.63, 3.8) is 0 Å². The lowest BCUT2D eigenvalue weighted by Crippen LogP contribution is -2.48. The van der Waals surface area contributed by atoms with E-state index in [0.717, 1.165) is 25.9 Å². The number of hydrogen-bond acceptors (Lipinski definition) is 2. The van der Waals surface area contributed by atoms with E-state index in [0.29, 0.717) is 0 Å². The molecule has 0 aliphatic carbocycles. The summed E-state index contributed by atoms with van der Waals surface area (Å²) in [5.41, 5.74) is 2.73. The monoisotopic (exact) mass is 233 g/mol. The summed E-state index contributed by atoms with van der Waals surface area (Å²) < 4.78 is 6.29. The van der Waals surface area contributed by atoms with E-state index in [1.165, 1.54) is 11.1 Å². The second-order valence-corrected chi connectivity index (χ2v) is 5.09. The number of hydrogen-bond donors (Lipinski definition) is 1. The summed E-state index contributed by atoms with van der Waals surface area (Å²) in [6.45, 7) is 8.46. The molecule has 0 amide bonds. The van der Waals surface area contributed by atoms with E-state index in [1.54, 1.807) is 0 Å². The fourth-order valence-electron chi connectivity index (χ4n) is 2.45. The zero-order valence-corrected chi connectivity index (χ0v) is 11.1. The number of benzene rings is 1. The molecule has 0 bridgehead atoms. The number of nitrogens with one attached hydrogen (secondary N) is 1. The van der Waals surface area contributed by atoms with Crippen LogP contribution in [0.25, 0.3) is 0 Å². The van der Waals surface area contributed by atoms with Gasteiger partial charge in [0.1, 0.15) is 0 Å². The molecule has 0 aromatic heterocycles. The van der Waals surface area contributed by atoms with E-state index >= 15 is 0 Å². The first kappa shape index (κ1) is 12.6. The third kappa shape index (κ3) is 2.70. The van der Waals surface area contributed by atoms with Gasteiger partial charge in [0.15, 0.2) is 0 Å². The van der Waals surface area contributed by atoms with Crippen LogP contribution in [0, 0.1) is 0 Å². The molecule has 1 saturated heterocycles. The van der Waals surface area contributed by atoms with Gasteiger partial charge >= 0.3 is 0 Å². The van der Waals surface area contributed by atoms with Gasteiger partial charge in [0.2, 0.25) is 0 Å². The van der Waals surface area contributed by atoms with Crippen LogP contribution in [-0.4, -0.2) is 18.7 Å². The van der Waals surface area contributed by atoms with Gasteiger partial charge in [-0.1, -0.05) is 38.1 Å². The van der Waals surface area contributed by atoms with Crippen molar-refractivity contribution in [3.05, 3.63) is 35.4 Å². The molecule has 1 aliphatic heterocycles. The van der Waals surface area contributed by atoms with Gasteiger partial charge in [0, 0.05) is 13.1 Å². The summed E-state index contributed by atoms with van der Waals surface area (Å²) in [6, 6.07) is 8.62. The highest BCUT2D eigenvalue weighted by molar-refractivity contribution is 5.30. The molecule has 1 aromatic carbocycles. The van der Waals surface area contributed by atoms with E-state index in [9.17, 15) is 0 Å². The normalized spacial score (nSPS) is 29.2. The minimum atomic E-state index is -0.0240. The van der Waals surface area contributed by atoms with Crippen molar-refractivity contribution in [2.24, 2.45) is 0 Å². The molecule has 2 heteroatoms. The summed E-state index contributed by atoms with van der Waals surface area (Å²) in [5.74, 6) is 0. The van der Waals surface area contributed by atoms with Crippen molar-refractivity contribution >= 4 is 0 Å². The fraction of sp³-hybridized carbons (Fsp3) is 0.600. The smallest absolute Gasteiger partial charge is 0.0959 e. The van der Waals surface area contributed by atoms with Crippen LogP contribution in [-0.2, 0) is 11.2 Å². The molecule has 1 aromatic rings. The Morgan fingerprint density at radius 2 is 2.12 bits per heavy atom. The number of ether oxygens (including phenoxy) is 1. The third-order valence-electron chi connectivity index (χ3n) is 3.79. The maximum absolute atomic E-state index is 6.29. The highest BCUT2D eigenvalue weighted by Gasteiger charge is 2.32. The van der Waals surface area contributed by atoms with E-state index in [1.807, 2.05) is 0 Å². The van der Waals surface area contributed by atoms with Crippen LogP contribution in [0.15, 0.2) is 24.3 Å². The molecule has 2 atom stereocenters. The van der Waals surface area contributed by atoms with Gasteiger partial charge in [-0.05, 0) is 30.9 Å². The lowest BCUT2D eigenvalue weighted by molar-refractivity contribution is -0.109. The van der Waals surface area contributed by atoms with Gasteiger partial charge < -0.3 is 10.1 Å². The van der Waals surface area contributed by atoms with Crippen molar-refractivity contribution in [3.8, 4) is 0 Å². The standard InChI is InChI=1S/C15H23NO/c1-4-12-8-6-7-9-13(12)14-10-16-11-15(3,5-2)17-14/h6-9,14,16H,4-5,10-11H2,1-3H3. The van der Waals surface area contributed by atoms with Gasteiger partial charge in [-0.15, -0.1) is 0 Å². The Balaban J connectivity index is 2.22. The van der Waals surface area contributed by atoms with E-state index in [-0.39, 0.29) is 11.7 Å². The number of morpholine rings is 1. The Bertz CT molecular complexity index is 377. The summed E-state index contributed by atoms with van der Waals surface area (Å²) in [6.07, 6.45) is 2.31. The Morgan fingerprint density at radius 1 is 1.35 bits per heavy atom. The fourth-order valence-corrected chi connectivity index (χ4v) is 2.45. The lowest BCUT2D eigenvalue weighted by Gasteiger charge is -2.39. The van der Waals surface area contributed by atoms with Crippen LogP contribution in [0.5, 0.6) is 0 Å². The van der Waals surface area contributed by atoms with Crippen molar-refractivity contribution in [2.75, 3.05) is 13.1 Å². The second kappa shape index (κ2) is 5.19. The van der Waals surface area contributed by atoms with Crippen molar-refractivity contribution in [1.82, 2.24) is 5.32 Å². The minimum absolute atomic E-state index is 0.0240. The van der Waals surface area contributed by atoms with Crippen LogP contribution in [0.4, 0.5) is 0 Å². The first-order valence-electron chi connectivity index (χ1n) is 6.65. The molecule has 0 radical (unpaired) electrons. The Hall–Kier alpha value is -0.860. The highest BCUT2D eigenvalue weighted by atomic mass is 16.5. The first-order valence-corrected chi connectivity index (χ1v) is 6.65. The van der Waals surface area contributed by atoms with Crippen LogP contribution >= 0.6 is 0 Å².